The average molecular weight is 392 g/mol. The number of hydrazine groups is 1. The molecule has 1 aliphatic rings. The largest absolute Gasteiger partial charge is 0.312 e. The van der Waals surface area contributed by atoms with E-state index < -0.39 is 17.7 Å². The molecule has 1 atom stereocenters. The molecule has 6 nitrogen and oxygen atoms in total. The van der Waals surface area contributed by atoms with Crippen LogP contribution >= 0.6 is 23.2 Å². The molecule has 134 valence electrons. The molecule has 2 aromatic rings. The third kappa shape index (κ3) is 3.98. The van der Waals surface area contributed by atoms with Crippen LogP contribution in [0.1, 0.15) is 16.8 Å². The lowest BCUT2D eigenvalue weighted by Gasteiger charge is -2.17. The third-order valence-corrected chi connectivity index (χ3v) is 4.60. The van der Waals surface area contributed by atoms with Crippen LogP contribution in [0.4, 0.5) is 5.69 Å². The summed E-state index contributed by atoms with van der Waals surface area (Å²) in [6.07, 6.45) is 0.0559. The summed E-state index contributed by atoms with van der Waals surface area (Å²) in [5.41, 5.74) is 5.56. The van der Waals surface area contributed by atoms with Crippen molar-refractivity contribution in [3.05, 3.63) is 64.1 Å². The first-order chi connectivity index (χ1) is 12.5. The molecule has 0 aromatic heterocycles. The van der Waals surface area contributed by atoms with Gasteiger partial charge in [0.1, 0.15) is 0 Å². The van der Waals surface area contributed by atoms with Crippen LogP contribution in [-0.4, -0.2) is 24.3 Å². The number of benzene rings is 2. The Morgan fingerprint density at radius 3 is 2.54 bits per heavy atom. The van der Waals surface area contributed by atoms with Gasteiger partial charge in [-0.2, -0.15) is 0 Å². The molecule has 2 aromatic carbocycles. The standard InChI is InChI=1S/C18H15Cl2N3O3/c19-12-4-3-5-13(9-12)23-10-11(8-16(23)24)17(25)21-22-18(26)14-6-1-2-7-15(14)20/h1-7,9,11H,8,10H2,(H,21,25)(H,22,26)/t11-/m1/s1. The quantitative estimate of drug-likeness (QED) is 0.789. The van der Waals surface area contributed by atoms with Crippen LogP contribution in [0.3, 0.4) is 0 Å². The lowest BCUT2D eigenvalue weighted by Crippen LogP contribution is -2.45. The Hall–Kier alpha value is -2.57. The maximum Gasteiger partial charge on any atom is 0.271 e. The molecule has 0 radical (unpaired) electrons. The molecule has 1 heterocycles. The molecular formula is C18H15Cl2N3O3. The van der Waals surface area contributed by atoms with Crippen LogP contribution < -0.4 is 15.8 Å². The topological polar surface area (TPSA) is 78.5 Å². The summed E-state index contributed by atoms with van der Waals surface area (Å²) in [5.74, 6) is -1.72. The maximum atomic E-state index is 12.3. The summed E-state index contributed by atoms with van der Waals surface area (Å²) in [4.78, 5) is 38.1. The van der Waals surface area contributed by atoms with Crippen molar-refractivity contribution in [2.24, 2.45) is 5.92 Å². The molecular weight excluding hydrogens is 377 g/mol. The minimum Gasteiger partial charge on any atom is -0.312 e. The minimum absolute atomic E-state index is 0.0559. The van der Waals surface area contributed by atoms with Crippen LogP contribution in [0.25, 0.3) is 0 Å². The Morgan fingerprint density at radius 1 is 1.04 bits per heavy atom. The van der Waals surface area contributed by atoms with E-state index >= 15 is 0 Å². The highest BCUT2D eigenvalue weighted by Crippen LogP contribution is 2.27. The molecule has 1 saturated heterocycles. The first-order valence-corrected chi connectivity index (χ1v) is 8.62. The number of rotatable bonds is 3. The average Bonchev–Trinajstić information content (AvgIpc) is 3.01. The number of halogens is 2. The Labute approximate surface area is 160 Å². The normalized spacial score (nSPS) is 16.5. The lowest BCUT2D eigenvalue weighted by molar-refractivity contribution is -0.126. The number of amides is 3. The van der Waals surface area contributed by atoms with Gasteiger partial charge in [-0.25, -0.2) is 0 Å². The predicted molar refractivity (Wildman–Crippen MR) is 99.0 cm³/mol. The van der Waals surface area contributed by atoms with Crippen LogP contribution in [0.2, 0.25) is 10.0 Å². The van der Waals surface area contributed by atoms with Gasteiger partial charge in [0.2, 0.25) is 11.8 Å². The van der Waals surface area contributed by atoms with Crippen molar-refractivity contribution < 1.29 is 14.4 Å². The number of hydrogen-bond acceptors (Lipinski definition) is 3. The van der Waals surface area contributed by atoms with Crippen molar-refractivity contribution in [1.82, 2.24) is 10.9 Å². The number of nitrogens with one attached hydrogen (secondary N) is 2. The van der Waals surface area contributed by atoms with Gasteiger partial charge >= 0.3 is 0 Å². The lowest BCUT2D eigenvalue weighted by atomic mass is 10.1. The predicted octanol–water partition coefficient (Wildman–Crippen LogP) is 2.81. The summed E-state index contributed by atoms with van der Waals surface area (Å²) in [6.45, 7) is 0.215. The van der Waals surface area contributed by atoms with Gasteiger partial charge in [0.05, 0.1) is 16.5 Å². The van der Waals surface area contributed by atoms with Gasteiger partial charge in [0.15, 0.2) is 0 Å². The number of carbonyl (C=O) groups excluding carboxylic acids is 3. The first-order valence-electron chi connectivity index (χ1n) is 7.86. The van der Waals surface area contributed by atoms with Crippen molar-refractivity contribution in [2.45, 2.75) is 6.42 Å². The van der Waals surface area contributed by atoms with Gasteiger partial charge in [-0.15, -0.1) is 0 Å². The zero-order valence-corrected chi connectivity index (χ0v) is 15.1. The van der Waals surface area contributed by atoms with E-state index in [4.69, 9.17) is 23.2 Å². The van der Waals surface area contributed by atoms with E-state index in [1.54, 1.807) is 48.5 Å². The molecule has 2 N–H and O–H groups in total. The fraction of sp³-hybridized carbons (Fsp3) is 0.167. The van der Waals surface area contributed by atoms with Gasteiger partial charge in [-0.1, -0.05) is 41.4 Å². The zero-order valence-electron chi connectivity index (χ0n) is 13.5. The fourth-order valence-electron chi connectivity index (χ4n) is 2.71. The van der Waals surface area contributed by atoms with E-state index in [1.165, 1.54) is 4.90 Å². The fourth-order valence-corrected chi connectivity index (χ4v) is 3.12. The van der Waals surface area contributed by atoms with Gasteiger partial charge in [0, 0.05) is 23.7 Å². The molecule has 1 fully saturated rings. The van der Waals surface area contributed by atoms with Gasteiger partial charge in [0.25, 0.3) is 5.91 Å². The molecule has 0 bridgehead atoms. The first kappa shape index (κ1) is 18.2. The van der Waals surface area contributed by atoms with Gasteiger partial charge < -0.3 is 4.90 Å². The van der Waals surface area contributed by atoms with Crippen LogP contribution in [0.5, 0.6) is 0 Å². The van der Waals surface area contributed by atoms with E-state index in [-0.39, 0.29) is 29.5 Å². The molecule has 0 unspecified atom stereocenters. The second-order valence-corrected chi connectivity index (χ2v) is 6.65. The zero-order chi connectivity index (χ0) is 18.7. The van der Waals surface area contributed by atoms with Crippen LogP contribution in [-0.2, 0) is 9.59 Å². The molecule has 26 heavy (non-hydrogen) atoms. The highest BCUT2D eigenvalue weighted by molar-refractivity contribution is 6.33. The van der Waals surface area contributed by atoms with E-state index in [2.05, 4.69) is 10.9 Å². The second-order valence-electron chi connectivity index (χ2n) is 5.81. The molecule has 0 aliphatic carbocycles. The Kier molecular flexibility index (Phi) is 5.44. The van der Waals surface area contributed by atoms with Crippen molar-refractivity contribution in [2.75, 3.05) is 11.4 Å². The van der Waals surface area contributed by atoms with Gasteiger partial charge in [-0.3, -0.25) is 25.2 Å². The second kappa shape index (κ2) is 7.76. The number of carbonyl (C=O) groups is 3. The van der Waals surface area contributed by atoms with Crippen molar-refractivity contribution >= 4 is 46.6 Å². The Bertz CT molecular complexity index is 872. The van der Waals surface area contributed by atoms with Gasteiger partial charge in [-0.05, 0) is 30.3 Å². The molecule has 3 rings (SSSR count). The summed E-state index contributed by atoms with van der Waals surface area (Å²) >= 11 is 11.9. The molecule has 0 saturated carbocycles. The highest BCUT2D eigenvalue weighted by Gasteiger charge is 2.35. The van der Waals surface area contributed by atoms with Crippen LogP contribution in [0, 0.1) is 5.92 Å². The Morgan fingerprint density at radius 2 is 1.81 bits per heavy atom. The summed E-state index contributed by atoms with van der Waals surface area (Å²) in [6, 6.07) is 13.4. The smallest absolute Gasteiger partial charge is 0.271 e. The molecule has 1 aliphatic heterocycles. The minimum atomic E-state index is -0.576. The molecule has 3 amide bonds. The summed E-state index contributed by atoms with van der Waals surface area (Å²) in [5, 5.41) is 0.789. The third-order valence-electron chi connectivity index (χ3n) is 4.03. The maximum absolute atomic E-state index is 12.3. The molecule has 8 heteroatoms. The van der Waals surface area contributed by atoms with Crippen molar-refractivity contribution in [3.8, 4) is 0 Å². The van der Waals surface area contributed by atoms with E-state index in [9.17, 15) is 14.4 Å². The molecule has 0 spiro atoms. The van der Waals surface area contributed by atoms with E-state index in [0.717, 1.165) is 0 Å². The summed E-state index contributed by atoms with van der Waals surface area (Å²) < 4.78 is 0. The Balaban J connectivity index is 1.60. The van der Waals surface area contributed by atoms with E-state index in [0.29, 0.717) is 10.7 Å². The number of anilines is 1. The van der Waals surface area contributed by atoms with Crippen molar-refractivity contribution in [1.29, 1.82) is 0 Å². The van der Waals surface area contributed by atoms with Crippen LogP contribution in [0.15, 0.2) is 48.5 Å². The van der Waals surface area contributed by atoms with Crippen molar-refractivity contribution in [3.63, 3.8) is 0 Å². The summed E-state index contributed by atoms with van der Waals surface area (Å²) in [7, 11) is 0. The monoisotopic (exact) mass is 391 g/mol. The number of nitrogens with zero attached hydrogens (tertiary/aromatic N) is 1. The SMILES string of the molecule is O=C(NNC(=O)[C@@H]1CC(=O)N(c2cccc(Cl)c2)C1)c1ccccc1Cl. The van der Waals surface area contributed by atoms with E-state index in [1.807, 2.05) is 0 Å². The number of hydrogen-bond donors (Lipinski definition) is 2. The highest BCUT2D eigenvalue weighted by atomic mass is 35.5.